The topological polar surface area (TPSA) is 80.5 Å². The maximum Gasteiger partial charge on any atom is 0.264 e. The molecular weight excluding hydrogens is 430 g/mol. The van der Waals surface area contributed by atoms with E-state index in [4.69, 9.17) is 11.6 Å². The summed E-state index contributed by atoms with van der Waals surface area (Å²) < 4.78 is 29.8. The van der Waals surface area contributed by atoms with Gasteiger partial charge >= 0.3 is 0 Å². The van der Waals surface area contributed by atoms with E-state index in [9.17, 15) is 8.42 Å². The van der Waals surface area contributed by atoms with Crippen LogP contribution in [0.5, 0.6) is 0 Å². The summed E-state index contributed by atoms with van der Waals surface area (Å²) in [6.45, 7) is 4.00. The van der Waals surface area contributed by atoms with E-state index in [0.717, 1.165) is 10.6 Å². The molecule has 0 bridgehead atoms. The molecule has 0 atom stereocenters. The fourth-order valence-electron chi connectivity index (χ4n) is 2.94. The van der Waals surface area contributed by atoms with Crippen molar-refractivity contribution in [3.05, 3.63) is 69.9 Å². The largest absolute Gasteiger partial charge is 0.266 e. The van der Waals surface area contributed by atoms with Crippen molar-refractivity contribution < 1.29 is 8.42 Å². The number of fused-ring (bicyclic) bond motifs is 1. The summed E-state index contributed by atoms with van der Waals surface area (Å²) in [6, 6.07) is 13.5. The Morgan fingerprint density at radius 1 is 1.03 bits per heavy atom. The first-order chi connectivity index (χ1) is 13.8. The molecule has 2 heterocycles. The van der Waals surface area contributed by atoms with Crippen LogP contribution in [0.15, 0.2) is 53.4 Å². The van der Waals surface area contributed by atoms with Crippen molar-refractivity contribution in [2.45, 2.75) is 25.2 Å². The molecule has 0 amide bonds. The monoisotopic (exact) mass is 447 g/mol. The van der Waals surface area contributed by atoms with Gasteiger partial charge in [-0.1, -0.05) is 40.6 Å². The Balaban J connectivity index is 1.70. The van der Waals surface area contributed by atoms with Crippen molar-refractivity contribution in [3.63, 3.8) is 0 Å². The first-order valence-electron chi connectivity index (χ1n) is 8.87. The number of halogens is 1. The number of hydrogen-bond donors (Lipinski definition) is 0. The third-order valence-electron chi connectivity index (χ3n) is 4.42. The number of nitrogens with zero attached hydrogens (tertiary/aromatic N) is 5. The highest BCUT2D eigenvalue weighted by molar-refractivity contribution is 7.92. The van der Waals surface area contributed by atoms with Crippen LogP contribution >= 0.6 is 22.9 Å². The van der Waals surface area contributed by atoms with Gasteiger partial charge in [0.15, 0.2) is 5.82 Å². The highest BCUT2D eigenvalue weighted by Crippen LogP contribution is 2.26. The summed E-state index contributed by atoms with van der Waals surface area (Å²) >= 11 is 7.43. The van der Waals surface area contributed by atoms with Crippen LogP contribution in [0.4, 0.5) is 5.69 Å². The molecule has 4 rings (SSSR count). The lowest BCUT2D eigenvalue weighted by Crippen LogP contribution is -2.33. The molecule has 0 aliphatic carbocycles. The molecular formula is C19H18ClN5O2S2. The van der Waals surface area contributed by atoms with Gasteiger partial charge in [-0.05, 0) is 50.2 Å². The van der Waals surface area contributed by atoms with Crippen LogP contribution in [-0.2, 0) is 16.4 Å². The lowest BCUT2D eigenvalue weighted by atomic mass is 10.2. The van der Waals surface area contributed by atoms with E-state index < -0.39 is 10.0 Å². The van der Waals surface area contributed by atoms with Crippen LogP contribution in [0, 0.1) is 13.8 Å². The second-order valence-corrected chi connectivity index (χ2v) is 10.0. The lowest BCUT2D eigenvalue weighted by molar-refractivity contribution is 0.589. The van der Waals surface area contributed by atoms with Gasteiger partial charge in [0.2, 0.25) is 4.96 Å². The van der Waals surface area contributed by atoms with Gasteiger partial charge in [0.1, 0.15) is 5.01 Å². The molecule has 2 aromatic carbocycles. The number of aryl methyl sites for hydroxylation is 2. The molecule has 0 aliphatic rings. The van der Waals surface area contributed by atoms with E-state index in [2.05, 4.69) is 15.3 Å². The molecule has 29 heavy (non-hydrogen) atoms. The van der Waals surface area contributed by atoms with Gasteiger partial charge in [0, 0.05) is 18.0 Å². The average molecular weight is 448 g/mol. The van der Waals surface area contributed by atoms with Crippen molar-refractivity contribution >= 4 is 43.6 Å². The van der Waals surface area contributed by atoms with Crippen molar-refractivity contribution in [1.29, 1.82) is 0 Å². The summed E-state index contributed by atoms with van der Waals surface area (Å²) in [5, 5.41) is 14.1. The summed E-state index contributed by atoms with van der Waals surface area (Å²) in [4.78, 5) is 0.922. The lowest BCUT2D eigenvalue weighted by Gasteiger charge is -2.24. The van der Waals surface area contributed by atoms with Crippen LogP contribution in [0.2, 0.25) is 5.02 Å². The van der Waals surface area contributed by atoms with Gasteiger partial charge in [0.25, 0.3) is 10.0 Å². The fourth-order valence-corrected chi connectivity index (χ4v) is 5.24. The van der Waals surface area contributed by atoms with Crippen LogP contribution < -0.4 is 4.31 Å². The molecule has 0 aliphatic heterocycles. The minimum absolute atomic E-state index is 0.190. The van der Waals surface area contributed by atoms with Crippen LogP contribution in [-0.4, -0.2) is 34.8 Å². The highest BCUT2D eigenvalue weighted by atomic mass is 35.5. The highest BCUT2D eigenvalue weighted by Gasteiger charge is 2.25. The normalized spacial score (nSPS) is 11.8. The molecule has 0 saturated carbocycles. The van der Waals surface area contributed by atoms with E-state index in [0.29, 0.717) is 27.9 Å². The summed E-state index contributed by atoms with van der Waals surface area (Å²) in [5.74, 6) is 0.613. The molecule has 0 spiro atoms. The third-order valence-corrected chi connectivity index (χ3v) is 7.33. The Hall–Kier alpha value is -2.49. The molecule has 0 saturated heterocycles. The number of sulfonamides is 1. The molecule has 0 fully saturated rings. The second-order valence-electron chi connectivity index (χ2n) is 6.55. The first kappa shape index (κ1) is 19.8. The number of hydrogen-bond acceptors (Lipinski definition) is 6. The Labute approximate surface area is 177 Å². The number of benzene rings is 2. The molecule has 10 heteroatoms. The average Bonchev–Trinajstić information content (AvgIpc) is 3.23. The van der Waals surface area contributed by atoms with E-state index in [-0.39, 0.29) is 11.4 Å². The van der Waals surface area contributed by atoms with E-state index in [1.807, 2.05) is 13.8 Å². The second kappa shape index (κ2) is 7.74. The molecule has 150 valence electrons. The fraction of sp³-hybridized carbons (Fsp3) is 0.211. The van der Waals surface area contributed by atoms with Gasteiger partial charge in [0.05, 0.1) is 10.6 Å². The van der Waals surface area contributed by atoms with Crippen LogP contribution in [0.25, 0.3) is 4.96 Å². The molecule has 0 N–H and O–H groups in total. The van der Waals surface area contributed by atoms with Crippen molar-refractivity contribution in [2.75, 3.05) is 10.8 Å². The summed E-state index contributed by atoms with van der Waals surface area (Å²) in [5.41, 5.74) is 1.52. The molecule has 0 unspecified atom stereocenters. The Morgan fingerprint density at radius 3 is 2.41 bits per heavy atom. The molecule has 4 aromatic rings. The number of rotatable bonds is 6. The molecule has 7 nitrogen and oxygen atoms in total. The first-order valence-corrected chi connectivity index (χ1v) is 11.5. The van der Waals surface area contributed by atoms with Crippen molar-refractivity contribution in [2.24, 2.45) is 0 Å². The SMILES string of the molecule is Cc1ccc(S(=O)(=O)N(CCc2nnc3sc(C)nn23)c2ccc(Cl)cc2)cc1. The Kier molecular flexibility index (Phi) is 5.28. The van der Waals surface area contributed by atoms with E-state index in [1.165, 1.54) is 15.6 Å². The summed E-state index contributed by atoms with van der Waals surface area (Å²) in [7, 11) is -3.77. The minimum atomic E-state index is -3.77. The predicted molar refractivity (Wildman–Crippen MR) is 114 cm³/mol. The third kappa shape index (κ3) is 3.98. The maximum absolute atomic E-state index is 13.4. The molecule has 2 aromatic heterocycles. The number of anilines is 1. The Bertz CT molecular complexity index is 1250. The van der Waals surface area contributed by atoms with Gasteiger partial charge in [-0.2, -0.15) is 9.61 Å². The smallest absolute Gasteiger partial charge is 0.264 e. The van der Waals surface area contributed by atoms with Crippen molar-refractivity contribution in [1.82, 2.24) is 19.8 Å². The minimum Gasteiger partial charge on any atom is -0.266 e. The van der Waals surface area contributed by atoms with Gasteiger partial charge in [-0.25, -0.2) is 8.42 Å². The zero-order valence-corrected chi connectivity index (χ0v) is 18.2. The Morgan fingerprint density at radius 2 is 1.72 bits per heavy atom. The van der Waals surface area contributed by atoms with Gasteiger partial charge < -0.3 is 0 Å². The summed E-state index contributed by atoms with van der Waals surface area (Å²) in [6.07, 6.45) is 0.359. The van der Waals surface area contributed by atoms with Crippen molar-refractivity contribution in [3.8, 4) is 0 Å². The zero-order valence-electron chi connectivity index (χ0n) is 15.8. The van der Waals surface area contributed by atoms with Gasteiger partial charge in [-0.3, -0.25) is 4.31 Å². The zero-order chi connectivity index (χ0) is 20.6. The van der Waals surface area contributed by atoms with Gasteiger partial charge in [-0.15, -0.1) is 10.2 Å². The quantitative estimate of drug-likeness (QED) is 0.448. The van der Waals surface area contributed by atoms with E-state index >= 15 is 0 Å². The molecule has 0 radical (unpaired) electrons. The van der Waals surface area contributed by atoms with Crippen LogP contribution in [0.3, 0.4) is 0 Å². The maximum atomic E-state index is 13.4. The van der Waals surface area contributed by atoms with Crippen LogP contribution in [0.1, 0.15) is 16.4 Å². The predicted octanol–water partition coefficient (Wildman–Crippen LogP) is 3.89. The standard InChI is InChI=1S/C19H18ClN5O2S2/c1-13-3-9-17(10-4-13)29(26,27)24(16-7-5-15(20)6-8-16)12-11-18-21-22-19-25(18)23-14(2)28-19/h3-10H,11-12H2,1-2H3. The number of aromatic nitrogens is 4. The van der Waals surface area contributed by atoms with E-state index in [1.54, 1.807) is 53.0 Å².